The van der Waals surface area contributed by atoms with Crippen LogP contribution in [0.1, 0.15) is 12.8 Å². The van der Waals surface area contributed by atoms with Crippen LogP contribution < -0.4 is 10.6 Å². The van der Waals surface area contributed by atoms with Crippen LogP contribution in [0.2, 0.25) is 0 Å². The molecule has 0 radical (unpaired) electrons. The van der Waals surface area contributed by atoms with E-state index in [-0.39, 0.29) is 12.8 Å². The standard InChI is InChI=1S/C8H11N3O4/c9-3-6(10-4-12)1-5-2-8(14,15)11-7(5)13/h4-6,14-15H,1-2H2,(H,10,12)(H,11,13). The summed E-state index contributed by atoms with van der Waals surface area (Å²) < 4.78 is 0. The molecule has 7 heteroatoms. The number of nitrogens with one attached hydrogen (secondary N) is 2. The third-order valence-corrected chi connectivity index (χ3v) is 2.17. The summed E-state index contributed by atoms with van der Waals surface area (Å²) in [6, 6.07) is 0.993. The summed E-state index contributed by atoms with van der Waals surface area (Å²) in [5.41, 5.74) is 0. The molecule has 2 unspecified atom stereocenters. The molecule has 15 heavy (non-hydrogen) atoms. The molecule has 0 aromatic rings. The fourth-order valence-corrected chi connectivity index (χ4v) is 1.50. The summed E-state index contributed by atoms with van der Waals surface area (Å²) >= 11 is 0. The largest absolute Gasteiger partial charge is 0.349 e. The van der Waals surface area contributed by atoms with Crippen LogP contribution in [0.3, 0.4) is 0 Å². The van der Waals surface area contributed by atoms with Gasteiger partial charge in [0.05, 0.1) is 6.07 Å². The van der Waals surface area contributed by atoms with Gasteiger partial charge in [0.25, 0.3) is 0 Å². The van der Waals surface area contributed by atoms with Gasteiger partial charge in [-0.25, -0.2) is 0 Å². The Kier molecular flexibility index (Phi) is 3.24. The number of nitrogens with zero attached hydrogens (tertiary/aromatic N) is 1. The molecule has 2 amide bonds. The first-order valence-electron chi connectivity index (χ1n) is 4.34. The summed E-state index contributed by atoms with van der Waals surface area (Å²) in [5.74, 6) is -3.42. The quantitative estimate of drug-likeness (QED) is 0.311. The van der Waals surface area contributed by atoms with E-state index in [1.165, 1.54) is 0 Å². The van der Waals surface area contributed by atoms with E-state index in [0.717, 1.165) is 0 Å². The van der Waals surface area contributed by atoms with Crippen molar-refractivity contribution in [3.05, 3.63) is 0 Å². The highest BCUT2D eigenvalue weighted by molar-refractivity contribution is 5.81. The molecule has 1 heterocycles. The van der Waals surface area contributed by atoms with Crippen molar-refractivity contribution >= 4 is 12.3 Å². The minimum atomic E-state index is -2.21. The average Bonchev–Trinajstić information content (AvgIpc) is 2.39. The summed E-state index contributed by atoms with van der Waals surface area (Å²) in [4.78, 5) is 21.3. The molecule has 82 valence electrons. The lowest BCUT2D eigenvalue weighted by Crippen LogP contribution is -2.40. The molecule has 4 N–H and O–H groups in total. The third kappa shape index (κ3) is 2.90. The Labute approximate surface area is 85.7 Å². The van der Waals surface area contributed by atoms with Crippen molar-refractivity contribution in [3.8, 4) is 6.07 Å². The first kappa shape index (κ1) is 11.4. The number of aliphatic hydroxyl groups is 2. The summed E-state index contributed by atoms with van der Waals surface area (Å²) in [7, 11) is 0. The molecule has 1 aliphatic rings. The predicted molar refractivity (Wildman–Crippen MR) is 46.6 cm³/mol. The molecule has 7 nitrogen and oxygen atoms in total. The minimum absolute atomic E-state index is 0.0595. The van der Waals surface area contributed by atoms with Gasteiger partial charge >= 0.3 is 0 Å². The van der Waals surface area contributed by atoms with Gasteiger partial charge in [-0.1, -0.05) is 0 Å². The van der Waals surface area contributed by atoms with Gasteiger partial charge in [-0.05, 0) is 6.42 Å². The first-order valence-corrected chi connectivity index (χ1v) is 4.34. The Morgan fingerprint density at radius 2 is 2.47 bits per heavy atom. The molecule has 1 rings (SSSR count). The molecular weight excluding hydrogens is 202 g/mol. The second-order valence-corrected chi connectivity index (χ2v) is 3.41. The van der Waals surface area contributed by atoms with Crippen LogP contribution in [0.5, 0.6) is 0 Å². The van der Waals surface area contributed by atoms with Gasteiger partial charge in [0.15, 0.2) is 0 Å². The van der Waals surface area contributed by atoms with E-state index in [1.807, 2.05) is 5.32 Å². The van der Waals surface area contributed by atoms with Crippen molar-refractivity contribution < 1.29 is 19.8 Å². The predicted octanol–water partition coefficient (Wildman–Crippen LogP) is -2.21. The number of carbonyl (C=O) groups excluding carboxylic acids is 2. The van der Waals surface area contributed by atoms with E-state index in [1.54, 1.807) is 6.07 Å². The van der Waals surface area contributed by atoms with Gasteiger partial charge in [-0.15, -0.1) is 0 Å². The molecule has 0 aliphatic carbocycles. The highest BCUT2D eigenvalue weighted by Crippen LogP contribution is 2.24. The van der Waals surface area contributed by atoms with Crippen molar-refractivity contribution in [1.29, 1.82) is 5.26 Å². The normalized spacial score (nSPS) is 25.1. The topological polar surface area (TPSA) is 122 Å². The number of hydrogen-bond donors (Lipinski definition) is 4. The molecule has 0 bridgehead atoms. The van der Waals surface area contributed by atoms with Gasteiger partial charge < -0.3 is 20.8 Å². The van der Waals surface area contributed by atoms with Crippen molar-refractivity contribution in [3.63, 3.8) is 0 Å². The second-order valence-electron chi connectivity index (χ2n) is 3.41. The molecule has 1 saturated heterocycles. The molecule has 1 aliphatic heterocycles. The van der Waals surface area contributed by atoms with Crippen molar-refractivity contribution in [2.75, 3.05) is 0 Å². The maximum Gasteiger partial charge on any atom is 0.247 e. The lowest BCUT2D eigenvalue weighted by atomic mass is 9.98. The number of carbonyl (C=O) groups is 2. The van der Waals surface area contributed by atoms with Gasteiger partial charge in [0, 0.05) is 12.3 Å². The highest BCUT2D eigenvalue weighted by atomic mass is 16.5. The van der Waals surface area contributed by atoms with Crippen LogP contribution in [-0.2, 0) is 9.59 Å². The lowest BCUT2D eigenvalue weighted by Gasteiger charge is -2.13. The molecule has 2 atom stereocenters. The highest BCUT2D eigenvalue weighted by Gasteiger charge is 2.42. The lowest BCUT2D eigenvalue weighted by molar-refractivity contribution is -0.175. The molecule has 1 fully saturated rings. The summed E-state index contributed by atoms with van der Waals surface area (Å²) in [6.45, 7) is 0. The second kappa shape index (κ2) is 4.25. The Morgan fingerprint density at radius 1 is 1.80 bits per heavy atom. The number of nitriles is 1. The zero-order valence-corrected chi connectivity index (χ0v) is 7.80. The van der Waals surface area contributed by atoms with E-state index >= 15 is 0 Å². The van der Waals surface area contributed by atoms with Gasteiger partial charge in [0.1, 0.15) is 6.04 Å². The Hall–Kier alpha value is -1.65. The monoisotopic (exact) mass is 213 g/mol. The number of amides is 2. The summed E-state index contributed by atoms with van der Waals surface area (Å²) in [6.07, 6.45) is 0.236. The van der Waals surface area contributed by atoms with Gasteiger partial charge in [0.2, 0.25) is 18.2 Å². The number of hydrogen-bond acceptors (Lipinski definition) is 5. The van der Waals surface area contributed by atoms with Crippen LogP contribution in [0.15, 0.2) is 0 Å². The summed E-state index contributed by atoms with van der Waals surface area (Å²) in [5, 5.41) is 31.0. The fraction of sp³-hybridized carbons (Fsp3) is 0.625. The average molecular weight is 213 g/mol. The van der Waals surface area contributed by atoms with E-state index < -0.39 is 23.8 Å². The van der Waals surface area contributed by atoms with Crippen LogP contribution in [0, 0.1) is 17.2 Å². The fourth-order valence-electron chi connectivity index (χ4n) is 1.50. The van der Waals surface area contributed by atoms with Crippen molar-refractivity contribution in [2.24, 2.45) is 5.92 Å². The van der Waals surface area contributed by atoms with Crippen molar-refractivity contribution in [1.82, 2.24) is 10.6 Å². The SMILES string of the molecule is N#CC(CC1CC(O)(O)NC1=O)NC=O. The van der Waals surface area contributed by atoms with Crippen LogP contribution in [0.25, 0.3) is 0 Å². The molecule has 0 aromatic carbocycles. The van der Waals surface area contributed by atoms with E-state index in [0.29, 0.717) is 6.41 Å². The molecular formula is C8H11N3O4. The van der Waals surface area contributed by atoms with Crippen molar-refractivity contribution in [2.45, 2.75) is 24.8 Å². The Balaban J connectivity index is 2.56. The maximum absolute atomic E-state index is 11.2. The maximum atomic E-state index is 11.2. The minimum Gasteiger partial charge on any atom is -0.349 e. The van der Waals surface area contributed by atoms with E-state index in [9.17, 15) is 9.59 Å². The zero-order chi connectivity index (χ0) is 11.5. The van der Waals surface area contributed by atoms with E-state index in [2.05, 4.69) is 5.32 Å². The number of rotatable bonds is 4. The van der Waals surface area contributed by atoms with E-state index in [4.69, 9.17) is 15.5 Å². The van der Waals surface area contributed by atoms with Gasteiger partial charge in [-0.3, -0.25) is 9.59 Å². The molecule has 0 spiro atoms. The zero-order valence-electron chi connectivity index (χ0n) is 7.80. The third-order valence-electron chi connectivity index (χ3n) is 2.17. The Bertz CT molecular complexity index is 309. The van der Waals surface area contributed by atoms with Gasteiger partial charge in [-0.2, -0.15) is 5.26 Å². The van der Waals surface area contributed by atoms with Crippen LogP contribution in [0.4, 0.5) is 0 Å². The van der Waals surface area contributed by atoms with Crippen LogP contribution in [-0.4, -0.2) is 34.5 Å². The van der Waals surface area contributed by atoms with Crippen LogP contribution >= 0.6 is 0 Å². The smallest absolute Gasteiger partial charge is 0.247 e. The Morgan fingerprint density at radius 3 is 2.87 bits per heavy atom. The molecule has 0 aromatic heterocycles. The first-order chi connectivity index (χ1) is 6.98. The molecule has 0 saturated carbocycles.